The zero-order chi connectivity index (χ0) is 22.1. The molecular formula is C24H25NO6. The highest BCUT2D eigenvalue weighted by Crippen LogP contribution is 2.41. The third-order valence-electron chi connectivity index (χ3n) is 5.66. The Morgan fingerprint density at radius 3 is 2.74 bits per heavy atom. The van der Waals surface area contributed by atoms with Gasteiger partial charge in [-0.1, -0.05) is 12.1 Å². The number of hydrogen-bond donors (Lipinski definition) is 1. The zero-order valence-corrected chi connectivity index (χ0v) is 17.8. The first-order valence-electron chi connectivity index (χ1n) is 10.2. The topological polar surface area (TPSA) is 85.3 Å². The summed E-state index contributed by atoms with van der Waals surface area (Å²) in [5, 5.41) is 11.2. The first kappa shape index (κ1) is 20.9. The largest absolute Gasteiger partial charge is 0.507 e. The SMILES string of the molecule is COCCN1C(=O)C(=O)/C(=C(\O)c2ccc3c(c2)CC(C)O3)C1c1cccc(OC)c1. The molecular weight excluding hydrogens is 398 g/mol. The molecule has 2 heterocycles. The molecule has 1 amide bonds. The van der Waals surface area contributed by atoms with Crippen LogP contribution in [-0.2, 0) is 20.7 Å². The lowest BCUT2D eigenvalue weighted by Crippen LogP contribution is -2.32. The number of ether oxygens (including phenoxy) is 3. The lowest BCUT2D eigenvalue weighted by atomic mass is 9.94. The number of fused-ring (bicyclic) bond motifs is 1. The predicted octanol–water partition coefficient (Wildman–Crippen LogP) is 3.09. The van der Waals surface area contributed by atoms with Crippen LogP contribution in [0.1, 0.15) is 29.7 Å². The lowest BCUT2D eigenvalue weighted by molar-refractivity contribution is -0.140. The fourth-order valence-electron chi connectivity index (χ4n) is 4.18. The molecule has 0 aliphatic carbocycles. The Bertz CT molecular complexity index is 1060. The van der Waals surface area contributed by atoms with Crippen molar-refractivity contribution in [3.8, 4) is 11.5 Å². The lowest BCUT2D eigenvalue weighted by Gasteiger charge is -2.25. The van der Waals surface area contributed by atoms with Crippen molar-refractivity contribution in [1.82, 2.24) is 4.90 Å². The number of carbonyl (C=O) groups is 2. The van der Waals surface area contributed by atoms with E-state index in [0.717, 1.165) is 17.7 Å². The normalized spacial score (nSPS) is 21.8. The van der Waals surface area contributed by atoms with Gasteiger partial charge in [0.15, 0.2) is 0 Å². The maximum absolute atomic E-state index is 13.0. The van der Waals surface area contributed by atoms with E-state index in [9.17, 15) is 14.7 Å². The summed E-state index contributed by atoms with van der Waals surface area (Å²) in [7, 11) is 3.08. The van der Waals surface area contributed by atoms with Crippen molar-refractivity contribution >= 4 is 17.4 Å². The minimum atomic E-state index is -0.742. The van der Waals surface area contributed by atoms with Crippen molar-refractivity contribution in [2.75, 3.05) is 27.4 Å². The monoisotopic (exact) mass is 423 g/mol. The van der Waals surface area contributed by atoms with E-state index in [0.29, 0.717) is 16.9 Å². The quantitative estimate of drug-likeness (QED) is 0.437. The van der Waals surface area contributed by atoms with Crippen LogP contribution in [0, 0.1) is 0 Å². The van der Waals surface area contributed by atoms with Gasteiger partial charge in [-0.3, -0.25) is 9.59 Å². The van der Waals surface area contributed by atoms with Crippen LogP contribution in [0.4, 0.5) is 0 Å². The van der Waals surface area contributed by atoms with Gasteiger partial charge in [0.25, 0.3) is 11.7 Å². The smallest absolute Gasteiger partial charge is 0.295 e. The number of aliphatic hydroxyl groups excluding tert-OH is 1. The number of carbonyl (C=O) groups excluding carboxylic acids is 2. The van der Waals surface area contributed by atoms with Gasteiger partial charge in [-0.25, -0.2) is 0 Å². The molecule has 0 spiro atoms. The van der Waals surface area contributed by atoms with E-state index in [4.69, 9.17) is 14.2 Å². The molecule has 0 saturated carbocycles. The van der Waals surface area contributed by atoms with Crippen LogP contribution in [0.5, 0.6) is 11.5 Å². The Hall–Kier alpha value is -3.32. The average molecular weight is 423 g/mol. The summed E-state index contributed by atoms with van der Waals surface area (Å²) in [4.78, 5) is 27.3. The number of aliphatic hydroxyl groups is 1. The molecule has 2 unspecified atom stereocenters. The fourth-order valence-corrected chi connectivity index (χ4v) is 4.18. The Balaban J connectivity index is 1.83. The van der Waals surface area contributed by atoms with E-state index >= 15 is 0 Å². The van der Waals surface area contributed by atoms with Crippen molar-refractivity contribution in [1.29, 1.82) is 0 Å². The van der Waals surface area contributed by atoms with E-state index in [1.165, 1.54) is 12.0 Å². The van der Waals surface area contributed by atoms with Crippen LogP contribution >= 0.6 is 0 Å². The van der Waals surface area contributed by atoms with Gasteiger partial charge in [0.1, 0.15) is 23.4 Å². The molecule has 31 heavy (non-hydrogen) atoms. The highest BCUT2D eigenvalue weighted by Gasteiger charge is 2.46. The van der Waals surface area contributed by atoms with Gasteiger partial charge in [0.2, 0.25) is 0 Å². The van der Waals surface area contributed by atoms with Crippen LogP contribution in [0.2, 0.25) is 0 Å². The highest BCUT2D eigenvalue weighted by atomic mass is 16.5. The first-order chi connectivity index (χ1) is 14.9. The summed E-state index contributed by atoms with van der Waals surface area (Å²) in [5.41, 5.74) is 2.17. The van der Waals surface area contributed by atoms with E-state index < -0.39 is 17.7 Å². The molecule has 2 aromatic rings. The number of rotatable bonds is 6. The minimum Gasteiger partial charge on any atom is -0.507 e. The van der Waals surface area contributed by atoms with E-state index in [2.05, 4.69) is 0 Å². The second-order valence-corrected chi connectivity index (χ2v) is 7.72. The maximum atomic E-state index is 13.0. The number of likely N-dealkylation sites (tertiary alicyclic amines) is 1. The summed E-state index contributed by atoms with van der Waals surface area (Å²) in [5.74, 6) is -0.211. The number of Topliss-reactive ketones (excluding diaryl/α,β-unsaturated/α-hetero) is 1. The van der Waals surface area contributed by atoms with Gasteiger partial charge in [0.05, 0.1) is 25.3 Å². The third-order valence-corrected chi connectivity index (χ3v) is 5.66. The molecule has 1 N–H and O–H groups in total. The Morgan fingerprint density at radius 1 is 1.19 bits per heavy atom. The number of methoxy groups -OCH3 is 2. The highest BCUT2D eigenvalue weighted by molar-refractivity contribution is 6.46. The molecule has 0 radical (unpaired) electrons. The third kappa shape index (κ3) is 3.77. The summed E-state index contributed by atoms with van der Waals surface area (Å²) >= 11 is 0. The summed E-state index contributed by atoms with van der Waals surface area (Å²) in [6.45, 7) is 2.46. The summed E-state index contributed by atoms with van der Waals surface area (Å²) < 4.78 is 16.2. The second kappa shape index (κ2) is 8.43. The summed E-state index contributed by atoms with van der Waals surface area (Å²) in [6.07, 6.45) is 0.779. The fraction of sp³-hybridized carbons (Fsp3) is 0.333. The van der Waals surface area contributed by atoms with E-state index in [-0.39, 0.29) is 30.6 Å². The molecule has 2 aliphatic heterocycles. The first-order valence-corrected chi connectivity index (χ1v) is 10.2. The van der Waals surface area contributed by atoms with Crippen molar-refractivity contribution in [3.63, 3.8) is 0 Å². The molecule has 162 valence electrons. The number of hydrogen-bond acceptors (Lipinski definition) is 6. The molecule has 1 saturated heterocycles. The Morgan fingerprint density at radius 2 is 2.00 bits per heavy atom. The second-order valence-electron chi connectivity index (χ2n) is 7.72. The van der Waals surface area contributed by atoms with Crippen LogP contribution in [0.15, 0.2) is 48.0 Å². The molecule has 7 heteroatoms. The minimum absolute atomic E-state index is 0.0567. The van der Waals surface area contributed by atoms with Gasteiger partial charge < -0.3 is 24.2 Å². The molecule has 7 nitrogen and oxygen atoms in total. The van der Waals surface area contributed by atoms with Gasteiger partial charge in [-0.05, 0) is 48.4 Å². The standard InChI is InChI=1S/C24H25NO6/c1-14-11-17-12-16(7-8-19(17)31-14)22(26)20-21(15-5-4-6-18(13-15)30-3)25(9-10-29-2)24(28)23(20)27/h4-8,12-14,21,26H,9-11H2,1-3H3/b22-20-. The van der Waals surface area contributed by atoms with Gasteiger partial charge in [-0.15, -0.1) is 0 Å². The van der Waals surface area contributed by atoms with Crippen molar-refractivity contribution in [2.24, 2.45) is 0 Å². The molecule has 2 atom stereocenters. The van der Waals surface area contributed by atoms with Crippen molar-refractivity contribution in [2.45, 2.75) is 25.5 Å². The number of benzene rings is 2. The molecule has 0 aromatic heterocycles. The van der Waals surface area contributed by atoms with Crippen LogP contribution in [0.3, 0.4) is 0 Å². The van der Waals surface area contributed by atoms with Gasteiger partial charge >= 0.3 is 0 Å². The van der Waals surface area contributed by atoms with Gasteiger partial charge in [-0.2, -0.15) is 0 Å². The number of nitrogens with zero attached hydrogens (tertiary/aromatic N) is 1. The van der Waals surface area contributed by atoms with Gasteiger partial charge in [0, 0.05) is 25.6 Å². The van der Waals surface area contributed by atoms with Crippen LogP contribution in [-0.4, -0.2) is 55.2 Å². The molecule has 2 aromatic carbocycles. The number of amides is 1. The van der Waals surface area contributed by atoms with Crippen LogP contribution in [0.25, 0.3) is 5.76 Å². The predicted molar refractivity (Wildman–Crippen MR) is 114 cm³/mol. The summed E-state index contributed by atoms with van der Waals surface area (Å²) in [6, 6.07) is 11.7. The molecule has 1 fully saturated rings. The Labute approximate surface area is 180 Å². The molecule has 0 bridgehead atoms. The molecule has 4 rings (SSSR count). The Kier molecular flexibility index (Phi) is 5.69. The van der Waals surface area contributed by atoms with Crippen molar-refractivity contribution in [3.05, 3.63) is 64.7 Å². The molecule has 2 aliphatic rings. The van der Waals surface area contributed by atoms with E-state index in [1.54, 1.807) is 37.4 Å². The maximum Gasteiger partial charge on any atom is 0.295 e. The van der Waals surface area contributed by atoms with E-state index in [1.807, 2.05) is 19.1 Å². The average Bonchev–Trinajstić information content (AvgIpc) is 3.27. The van der Waals surface area contributed by atoms with Crippen molar-refractivity contribution < 1.29 is 28.9 Å². The van der Waals surface area contributed by atoms with Crippen LogP contribution < -0.4 is 9.47 Å². The number of ketones is 1. The zero-order valence-electron chi connectivity index (χ0n) is 17.8.